The van der Waals surface area contributed by atoms with Crippen LogP contribution in [-0.2, 0) is 9.53 Å². The van der Waals surface area contributed by atoms with Gasteiger partial charge in [0.1, 0.15) is 0 Å². The van der Waals surface area contributed by atoms with Crippen molar-refractivity contribution < 1.29 is 24.1 Å². The van der Waals surface area contributed by atoms with Gasteiger partial charge in [0.05, 0.1) is 20.8 Å². The van der Waals surface area contributed by atoms with Crippen LogP contribution in [-0.4, -0.2) is 31.9 Å². The molecule has 0 aromatic heterocycles. The molecule has 0 aliphatic carbocycles. The van der Waals surface area contributed by atoms with Crippen molar-refractivity contribution in [2.75, 3.05) is 20.8 Å². The summed E-state index contributed by atoms with van der Waals surface area (Å²) in [5, 5.41) is 9.37. The zero-order valence-electron chi connectivity index (χ0n) is 15.0. The summed E-state index contributed by atoms with van der Waals surface area (Å²) < 4.78 is 16.0. The van der Waals surface area contributed by atoms with E-state index in [1.165, 1.54) is 6.08 Å². The lowest BCUT2D eigenvalue weighted by Gasteiger charge is -2.16. The van der Waals surface area contributed by atoms with Crippen molar-refractivity contribution in [1.82, 2.24) is 0 Å². The van der Waals surface area contributed by atoms with E-state index in [1.807, 2.05) is 0 Å². The summed E-state index contributed by atoms with van der Waals surface area (Å²) in [5.41, 5.74) is 0.687. The Balaban J connectivity index is 2.87. The van der Waals surface area contributed by atoms with Crippen LogP contribution in [0, 0.1) is 5.92 Å². The van der Waals surface area contributed by atoms with E-state index in [9.17, 15) is 9.90 Å². The molecule has 0 radical (unpaired) electrons. The van der Waals surface area contributed by atoms with Crippen LogP contribution >= 0.6 is 0 Å². The maximum absolute atomic E-state index is 11.4. The number of carboxylic acid groups (broad SMARTS) is 1. The average molecular weight is 336 g/mol. The lowest BCUT2D eigenvalue weighted by molar-refractivity contribution is -0.136. The minimum Gasteiger partial charge on any atom is -0.493 e. The van der Waals surface area contributed by atoms with Crippen LogP contribution in [0.25, 0.3) is 6.08 Å². The predicted octanol–water partition coefficient (Wildman–Crippen LogP) is 4.36. The van der Waals surface area contributed by atoms with Gasteiger partial charge >= 0.3 is 5.97 Å². The number of carboxylic acids is 1. The molecule has 1 atom stereocenters. The quantitative estimate of drug-likeness (QED) is 0.480. The van der Waals surface area contributed by atoms with Crippen LogP contribution in [0.4, 0.5) is 0 Å². The highest BCUT2D eigenvalue weighted by Gasteiger charge is 2.14. The fourth-order valence-corrected chi connectivity index (χ4v) is 2.36. The maximum Gasteiger partial charge on any atom is 0.371 e. The monoisotopic (exact) mass is 336 g/mol. The van der Waals surface area contributed by atoms with Gasteiger partial charge in [-0.2, -0.15) is 0 Å². The molecule has 1 unspecified atom stereocenters. The molecule has 24 heavy (non-hydrogen) atoms. The van der Waals surface area contributed by atoms with E-state index < -0.39 is 5.97 Å². The fraction of sp³-hybridized carbons (Fsp3) is 0.526. The zero-order valence-corrected chi connectivity index (χ0v) is 15.0. The smallest absolute Gasteiger partial charge is 0.371 e. The molecule has 0 heterocycles. The van der Waals surface area contributed by atoms with Crippen molar-refractivity contribution in [2.45, 2.75) is 39.5 Å². The Bertz CT molecular complexity index is 551. The summed E-state index contributed by atoms with van der Waals surface area (Å²) in [6.45, 7) is 4.66. The van der Waals surface area contributed by atoms with Gasteiger partial charge in [-0.25, -0.2) is 4.79 Å². The van der Waals surface area contributed by atoms with Gasteiger partial charge in [-0.05, 0) is 36.1 Å². The van der Waals surface area contributed by atoms with Gasteiger partial charge in [-0.15, -0.1) is 0 Å². The molecule has 134 valence electrons. The number of unbranched alkanes of at least 4 members (excludes halogenated alkanes) is 1. The van der Waals surface area contributed by atoms with Crippen LogP contribution in [0.2, 0.25) is 0 Å². The molecule has 0 fully saturated rings. The highest BCUT2D eigenvalue weighted by Crippen LogP contribution is 2.28. The first-order chi connectivity index (χ1) is 11.5. The number of methoxy groups -OCH3 is 2. The molecular weight excluding hydrogens is 308 g/mol. The number of ether oxygens (including phenoxy) is 3. The Morgan fingerprint density at radius 1 is 1.21 bits per heavy atom. The Labute approximate surface area is 144 Å². The van der Waals surface area contributed by atoms with Crippen LogP contribution in [0.5, 0.6) is 11.5 Å². The van der Waals surface area contributed by atoms with Crippen molar-refractivity contribution in [3.8, 4) is 11.5 Å². The highest BCUT2D eigenvalue weighted by atomic mass is 16.5. The third kappa shape index (κ3) is 6.14. The van der Waals surface area contributed by atoms with Gasteiger partial charge in [0, 0.05) is 0 Å². The topological polar surface area (TPSA) is 65.0 Å². The Morgan fingerprint density at radius 2 is 1.92 bits per heavy atom. The largest absolute Gasteiger partial charge is 0.493 e. The summed E-state index contributed by atoms with van der Waals surface area (Å²) in [5.74, 6) is 0.383. The van der Waals surface area contributed by atoms with Crippen molar-refractivity contribution in [3.63, 3.8) is 0 Å². The Hall–Kier alpha value is -2.17. The van der Waals surface area contributed by atoms with Crippen LogP contribution in [0.15, 0.2) is 24.0 Å². The summed E-state index contributed by atoms with van der Waals surface area (Å²) >= 11 is 0. The summed E-state index contributed by atoms with van der Waals surface area (Å²) in [6.07, 6.45) is 5.80. The van der Waals surface area contributed by atoms with E-state index in [1.54, 1.807) is 32.4 Å². The first-order valence-electron chi connectivity index (χ1n) is 8.35. The summed E-state index contributed by atoms with van der Waals surface area (Å²) in [6, 6.07) is 5.22. The molecule has 0 bridgehead atoms. The van der Waals surface area contributed by atoms with Crippen molar-refractivity contribution in [3.05, 3.63) is 29.5 Å². The molecule has 5 heteroatoms. The van der Waals surface area contributed by atoms with E-state index in [4.69, 9.17) is 14.2 Å². The molecule has 1 rings (SSSR count). The number of benzene rings is 1. The normalized spacial score (nSPS) is 12.6. The number of hydrogen-bond donors (Lipinski definition) is 1. The number of hydrogen-bond acceptors (Lipinski definition) is 4. The van der Waals surface area contributed by atoms with Gasteiger partial charge in [-0.3, -0.25) is 0 Å². The minimum atomic E-state index is -1.07. The summed E-state index contributed by atoms with van der Waals surface area (Å²) in [7, 11) is 3.10. The molecule has 0 saturated heterocycles. The second-order valence-electron chi connectivity index (χ2n) is 5.66. The van der Waals surface area contributed by atoms with Gasteiger partial charge in [0.25, 0.3) is 0 Å². The molecule has 1 aromatic rings. The van der Waals surface area contributed by atoms with Crippen molar-refractivity contribution in [2.24, 2.45) is 5.92 Å². The average Bonchev–Trinajstić information content (AvgIpc) is 2.60. The molecule has 1 N–H and O–H groups in total. The second kappa shape index (κ2) is 10.6. The van der Waals surface area contributed by atoms with E-state index in [2.05, 4.69) is 13.8 Å². The molecular formula is C19H28O5. The van der Waals surface area contributed by atoms with Crippen LogP contribution < -0.4 is 9.47 Å². The zero-order chi connectivity index (χ0) is 17.9. The Kier molecular flexibility index (Phi) is 8.76. The van der Waals surface area contributed by atoms with E-state index in [0.29, 0.717) is 29.6 Å². The number of carbonyl (C=O) groups is 1. The molecule has 5 nitrogen and oxygen atoms in total. The summed E-state index contributed by atoms with van der Waals surface area (Å²) in [4.78, 5) is 11.4. The maximum atomic E-state index is 11.4. The van der Waals surface area contributed by atoms with Crippen molar-refractivity contribution in [1.29, 1.82) is 0 Å². The molecule has 0 aliphatic heterocycles. The van der Waals surface area contributed by atoms with Gasteiger partial charge < -0.3 is 19.3 Å². The van der Waals surface area contributed by atoms with E-state index in [-0.39, 0.29) is 5.76 Å². The second-order valence-corrected chi connectivity index (χ2v) is 5.66. The first kappa shape index (κ1) is 19.9. The lowest BCUT2D eigenvalue weighted by atomic mass is 10.0. The number of rotatable bonds is 11. The molecule has 0 spiro atoms. The third-order valence-corrected chi connectivity index (χ3v) is 3.93. The minimum absolute atomic E-state index is 0.0582. The van der Waals surface area contributed by atoms with Gasteiger partial charge in [-0.1, -0.05) is 39.2 Å². The molecule has 0 saturated carbocycles. The Morgan fingerprint density at radius 3 is 2.46 bits per heavy atom. The molecule has 0 aliphatic rings. The standard InChI is InChI=1S/C19H28O5/c1-5-7-8-14(6-2)13-24-18(19(20)21)12-15-9-10-16(22-3)17(11-15)23-4/h9-12,14H,5-8,13H2,1-4H3,(H,20,21). The van der Waals surface area contributed by atoms with Gasteiger partial charge in [0.2, 0.25) is 5.76 Å². The van der Waals surface area contributed by atoms with E-state index >= 15 is 0 Å². The fourth-order valence-electron chi connectivity index (χ4n) is 2.36. The van der Waals surface area contributed by atoms with Crippen molar-refractivity contribution >= 4 is 12.0 Å². The molecule has 1 aromatic carbocycles. The predicted molar refractivity (Wildman–Crippen MR) is 94.4 cm³/mol. The van der Waals surface area contributed by atoms with Gasteiger partial charge in [0.15, 0.2) is 11.5 Å². The third-order valence-electron chi connectivity index (χ3n) is 3.93. The van der Waals surface area contributed by atoms with Crippen LogP contribution in [0.3, 0.4) is 0 Å². The SMILES string of the molecule is CCCCC(CC)COC(=Cc1ccc(OC)c(OC)c1)C(=O)O. The highest BCUT2D eigenvalue weighted by molar-refractivity contribution is 5.90. The number of aliphatic carboxylic acids is 1. The van der Waals surface area contributed by atoms with E-state index in [0.717, 1.165) is 25.7 Å². The van der Waals surface area contributed by atoms with Crippen LogP contribution in [0.1, 0.15) is 45.1 Å². The molecule has 0 amide bonds. The lowest BCUT2D eigenvalue weighted by Crippen LogP contribution is -2.13. The first-order valence-corrected chi connectivity index (χ1v) is 8.35.